The minimum Gasteiger partial charge on any atom is -0.326 e. The normalized spacial score (nSPS) is 14.6. The molecule has 100 valence electrons. The molecule has 1 atom stereocenters. The summed E-state index contributed by atoms with van der Waals surface area (Å²) in [6, 6.07) is 9.67. The molecule has 0 saturated heterocycles. The molecule has 1 amide bonds. The molecule has 0 heterocycles. The second-order valence-electron chi connectivity index (χ2n) is 5.99. The second-order valence-corrected chi connectivity index (χ2v) is 5.99. The molecule has 18 heavy (non-hydrogen) atoms. The lowest BCUT2D eigenvalue weighted by Crippen LogP contribution is -2.39. The lowest BCUT2D eigenvalue weighted by molar-refractivity contribution is -0.128. The average molecular weight is 247 g/mol. The SMILES string of the molecule is CC(C)CC(C)(C(=O)Nc1ccccc1)C(C)C. The van der Waals surface area contributed by atoms with Crippen molar-refractivity contribution in [2.24, 2.45) is 17.3 Å². The van der Waals surface area contributed by atoms with E-state index in [2.05, 4.69) is 39.9 Å². The molecule has 1 aromatic carbocycles. The average Bonchev–Trinajstić information content (AvgIpc) is 2.29. The summed E-state index contributed by atoms with van der Waals surface area (Å²) in [6.07, 6.45) is 0.906. The molecule has 1 N–H and O–H groups in total. The Morgan fingerprint density at radius 3 is 2.17 bits per heavy atom. The first kappa shape index (κ1) is 14.7. The number of amides is 1. The Morgan fingerprint density at radius 1 is 1.17 bits per heavy atom. The van der Waals surface area contributed by atoms with Crippen LogP contribution in [-0.4, -0.2) is 5.91 Å². The molecule has 0 radical (unpaired) electrons. The number of carbonyl (C=O) groups excluding carboxylic acids is 1. The van der Waals surface area contributed by atoms with E-state index < -0.39 is 0 Å². The van der Waals surface area contributed by atoms with Gasteiger partial charge in [0.15, 0.2) is 0 Å². The highest BCUT2D eigenvalue weighted by Gasteiger charge is 2.36. The van der Waals surface area contributed by atoms with Crippen molar-refractivity contribution in [1.29, 1.82) is 0 Å². The van der Waals surface area contributed by atoms with Gasteiger partial charge in [-0.2, -0.15) is 0 Å². The number of benzene rings is 1. The van der Waals surface area contributed by atoms with Crippen LogP contribution < -0.4 is 5.32 Å². The Kier molecular flexibility index (Phi) is 4.94. The summed E-state index contributed by atoms with van der Waals surface area (Å²) < 4.78 is 0. The highest BCUT2D eigenvalue weighted by atomic mass is 16.2. The monoisotopic (exact) mass is 247 g/mol. The van der Waals surface area contributed by atoms with E-state index in [-0.39, 0.29) is 11.3 Å². The van der Waals surface area contributed by atoms with Gasteiger partial charge < -0.3 is 5.32 Å². The summed E-state index contributed by atoms with van der Waals surface area (Å²) >= 11 is 0. The standard InChI is InChI=1S/C16H25NO/c1-12(2)11-16(5,13(3)4)15(18)17-14-9-7-6-8-10-14/h6-10,12-13H,11H2,1-5H3,(H,17,18). The molecule has 0 bridgehead atoms. The Bertz CT molecular complexity index is 383. The zero-order chi connectivity index (χ0) is 13.8. The van der Waals surface area contributed by atoms with Gasteiger partial charge in [-0.1, -0.05) is 52.8 Å². The van der Waals surface area contributed by atoms with Crippen LogP contribution in [0.1, 0.15) is 41.0 Å². The van der Waals surface area contributed by atoms with Crippen LogP contribution in [0.2, 0.25) is 0 Å². The van der Waals surface area contributed by atoms with Gasteiger partial charge in [0.05, 0.1) is 0 Å². The Balaban J connectivity index is 2.84. The minimum atomic E-state index is -0.315. The van der Waals surface area contributed by atoms with Gasteiger partial charge in [0, 0.05) is 11.1 Å². The topological polar surface area (TPSA) is 29.1 Å². The Labute approximate surface area is 111 Å². The fourth-order valence-electron chi connectivity index (χ4n) is 2.23. The Hall–Kier alpha value is -1.31. The quantitative estimate of drug-likeness (QED) is 0.824. The zero-order valence-electron chi connectivity index (χ0n) is 12.2. The van der Waals surface area contributed by atoms with Crippen molar-refractivity contribution >= 4 is 11.6 Å². The van der Waals surface area contributed by atoms with Crippen LogP contribution in [0.4, 0.5) is 5.69 Å². The van der Waals surface area contributed by atoms with E-state index in [9.17, 15) is 4.79 Å². The van der Waals surface area contributed by atoms with Gasteiger partial charge in [0.1, 0.15) is 0 Å². The van der Waals surface area contributed by atoms with Crippen molar-refractivity contribution in [3.05, 3.63) is 30.3 Å². The number of hydrogen-bond donors (Lipinski definition) is 1. The molecule has 1 aromatic rings. The smallest absolute Gasteiger partial charge is 0.230 e. The maximum absolute atomic E-state index is 12.5. The van der Waals surface area contributed by atoms with Crippen molar-refractivity contribution in [2.45, 2.75) is 41.0 Å². The van der Waals surface area contributed by atoms with Crippen molar-refractivity contribution < 1.29 is 4.79 Å². The summed E-state index contributed by atoms with van der Waals surface area (Å²) in [7, 11) is 0. The van der Waals surface area contributed by atoms with E-state index in [0.29, 0.717) is 11.8 Å². The van der Waals surface area contributed by atoms with E-state index in [1.165, 1.54) is 0 Å². The highest BCUT2D eigenvalue weighted by molar-refractivity contribution is 5.95. The first-order valence-electron chi connectivity index (χ1n) is 6.72. The van der Waals surface area contributed by atoms with Gasteiger partial charge in [-0.15, -0.1) is 0 Å². The fraction of sp³-hybridized carbons (Fsp3) is 0.562. The fourth-order valence-corrected chi connectivity index (χ4v) is 2.23. The van der Waals surface area contributed by atoms with E-state index >= 15 is 0 Å². The minimum absolute atomic E-state index is 0.123. The lowest BCUT2D eigenvalue weighted by atomic mass is 9.72. The first-order chi connectivity index (χ1) is 8.36. The molecular weight excluding hydrogens is 222 g/mol. The third-order valence-corrected chi connectivity index (χ3v) is 3.66. The molecule has 0 aromatic heterocycles. The molecule has 0 aliphatic rings. The van der Waals surface area contributed by atoms with Crippen molar-refractivity contribution in [1.82, 2.24) is 0 Å². The molecule has 0 saturated carbocycles. The van der Waals surface area contributed by atoms with Crippen LogP contribution in [0.25, 0.3) is 0 Å². The number of anilines is 1. The molecule has 2 nitrogen and oxygen atoms in total. The third-order valence-electron chi connectivity index (χ3n) is 3.66. The number of hydrogen-bond acceptors (Lipinski definition) is 1. The van der Waals surface area contributed by atoms with Gasteiger partial charge in [0.25, 0.3) is 0 Å². The number of nitrogens with one attached hydrogen (secondary N) is 1. The van der Waals surface area contributed by atoms with Crippen LogP contribution in [0.3, 0.4) is 0 Å². The van der Waals surface area contributed by atoms with Gasteiger partial charge in [-0.25, -0.2) is 0 Å². The number of para-hydroxylation sites is 1. The molecule has 1 unspecified atom stereocenters. The van der Waals surface area contributed by atoms with Crippen LogP contribution in [0.5, 0.6) is 0 Å². The highest BCUT2D eigenvalue weighted by Crippen LogP contribution is 2.35. The van der Waals surface area contributed by atoms with E-state index in [0.717, 1.165) is 12.1 Å². The molecule has 0 aliphatic heterocycles. The molecule has 0 fully saturated rings. The third kappa shape index (κ3) is 3.59. The van der Waals surface area contributed by atoms with E-state index in [1.807, 2.05) is 30.3 Å². The van der Waals surface area contributed by atoms with Crippen LogP contribution in [0, 0.1) is 17.3 Å². The summed E-state index contributed by atoms with van der Waals surface area (Å²) in [5, 5.41) is 3.03. The van der Waals surface area contributed by atoms with Gasteiger partial charge in [-0.3, -0.25) is 4.79 Å². The maximum Gasteiger partial charge on any atom is 0.230 e. The number of carbonyl (C=O) groups is 1. The Morgan fingerprint density at radius 2 is 1.72 bits per heavy atom. The van der Waals surface area contributed by atoms with Gasteiger partial charge in [-0.05, 0) is 30.4 Å². The summed E-state index contributed by atoms with van der Waals surface area (Å²) in [4.78, 5) is 12.5. The van der Waals surface area contributed by atoms with Gasteiger partial charge >= 0.3 is 0 Å². The zero-order valence-corrected chi connectivity index (χ0v) is 12.2. The van der Waals surface area contributed by atoms with Crippen LogP contribution in [-0.2, 0) is 4.79 Å². The first-order valence-corrected chi connectivity index (χ1v) is 6.72. The molecule has 0 spiro atoms. The molecule has 2 heteroatoms. The molecule has 0 aliphatic carbocycles. The largest absolute Gasteiger partial charge is 0.326 e. The maximum atomic E-state index is 12.5. The predicted molar refractivity (Wildman–Crippen MR) is 77.5 cm³/mol. The molecule has 1 rings (SSSR count). The van der Waals surface area contributed by atoms with E-state index in [4.69, 9.17) is 0 Å². The summed E-state index contributed by atoms with van der Waals surface area (Å²) in [6.45, 7) is 10.6. The predicted octanol–water partition coefficient (Wildman–Crippen LogP) is 4.33. The van der Waals surface area contributed by atoms with Crippen molar-refractivity contribution in [3.8, 4) is 0 Å². The molecular formula is C16H25NO. The number of rotatable bonds is 5. The summed E-state index contributed by atoms with van der Waals surface area (Å²) in [5.74, 6) is 0.958. The van der Waals surface area contributed by atoms with Crippen LogP contribution in [0.15, 0.2) is 30.3 Å². The van der Waals surface area contributed by atoms with Gasteiger partial charge in [0.2, 0.25) is 5.91 Å². The second kappa shape index (κ2) is 6.03. The van der Waals surface area contributed by atoms with Crippen molar-refractivity contribution in [2.75, 3.05) is 5.32 Å². The van der Waals surface area contributed by atoms with Crippen molar-refractivity contribution in [3.63, 3.8) is 0 Å². The summed E-state index contributed by atoms with van der Waals surface area (Å²) in [5.41, 5.74) is 0.558. The van der Waals surface area contributed by atoms with Crippen LogP contribution >= 0.6 is 0 Å². The lowest BCUT2D eigenvalue weighted by Gasteiger charge is -2.34. The van der Waals surface area contributed by atoms with E-state index in [1.54, 1.807) is 0 Å².